The number of halogens is 1. The number of carboxylic acid groups (broad SMARTS) is 1. The molecule has 108 valence electrons. The second kappa shape index (κ2) is 6.57. The lowest BCUT2D eigenvalue weighted by Gasteiger charge is -2.35. The predicted molar refractivity (Wildman–Crippen MR) is 79.0 cm³/mol. The molecule has 1 amide bonds. The maximum absolute atomic E-state index is 12.5. The summed E-state index contributed by atoms with van der Waals surface area (Å²) in [6.45, 7) is 5.93. The van der Waals surface area contributed by atoms with Gasteiger partial charge in [-0.25, -0.2) is 4.79 Å². The normalized spacial score (nSPS) is 11.6. The second-order valence-electron chi connectivity index (χ2n) is 5.33. The quantitative estimate of drug-likeness (QED) is 0.868. The molecular formula is C15H18ClNO3. The second-order valence-corrected chi connectivity index (χ2v) is 5.77. The molecule has 1 N–H and O–H groups in total. The summed E-state index contributed by atoms with van der Waals surface area (Å²) < 4.78 is 0. The number of aliphatic carboxylic acids is 1. The third kappa shape index (κ3) is 4.70. The van der Waals surface area contributed by atoms with Gasteiger partial charge in [-0.3, -0.25) is 4.79 Å². The largest absolute Gasteiger partial charge is 0.478 e. The predicted octanol–water partition coefficient (Wildman–Crippen LogP) is 3.22. The lowest BCUT2D eigenvalue weighted by Crippen LogP contribution is -2.45. The molecule has 0 radical (unpaired) electrons. The lowest BCUT2D eigenvalue weighted by molar-refractivity contribution is -0.131. The number of hydrogen-bond acceptors (Lipinski definition) is 2. The van der Waals surface area contributed by atoms with Crippen molar-refractivity contribution < 1.29 is 14.7 Å². The van der Waals surface area contributed by atoms with Crippen molar-refractivity contribution in [1.29, 1.82) is 0 Å². The molecule has 1 rings (SSSR count). The molecule has 4 nitrogen and oxygen atoms in total. The molecule has 5 heteroatoms. The summed E-state index contributed by atoms with van der Waals surface area (Å²) in [6.07, 6.45) is 2.50. The highest BCUT2D eigenvalue weighted by Gasteiger charge is 2.26. The number of carbonyl (C=O) groups is 2. The molecule has 1 aromatic rings. The van der Waals surface area contributed by atoms with Crippen molar-refractivity contribution in [2.75, 3.05) is 6.54 Å². The molecule has 0 saturated heterocycles. The minimum absolute atomic E-state index is 0.163. The van der Waals surface area contributed by atoms with Gasteiger partial charge in [0.1, 0.15) is 0 Å². The third-order valence-electron chi connectivity index (χ3n) is 2.69. The first kappa shape index (κ1) is 16.2. The van der Waals surface area contributed by atoms with E-state index in [2.05, 4.69) is 0 Å². The molecule has 20 heavy (non-hydrogen) atoms. The zero-order valence-corrected chi connectivity index (χ0v) is 12.5. The summed E-state index contributed by atoms with van der Waals surface area (Å²) in [5.41, 5.74) is 0.104. The van der Waals surface area contributed by atoms with Crippen molar-refractivity contribution in [3.63, 3.8) is 0 Å². The maximum atomic E-state index is 12.5. The van der Waals surface area contributed by atoms with Crippen LogP contribution in [0.2, 0.25) is 5.02 Å². The SMILES string of the molecule is CC(C)(C)N(CC=CC(=O)O)C(=O)c1ccc(Cl)cc1. The van der Waals surface area contributed by atoms with E-state index >= 15 is 0 Å². The number of nitrogens with zero attached hydrogens (tertiary/aromatic N) is 1. The Labute approximate surface area is 123 Å². The average Bonchev–Trinajstić information content (AvgIpc) is 2.33. The van der Waals surface area contributed by atoms with E-state index in [9.17, 15) is 9.59 Å². The standard InChI is InChI=1S/C15H18ClNO3/c1-15(2,3)17(10-4-5-13(18)19)14(20)11-6-8-12(16)9-7-11/h4-9H,10H2,1-3H3,(H,18,19). The Kier molecular flexibility index (Phi) is 5.34. The highest BCUT2D eigenvalue weighted by molar-refractivity contribution is 6.30. The monoisotopic (exact) mass is 295 g/mol. The van der Waals surface area contributed by atoms with Crippen LogP contribution in [0.15, 0.2) is 36.4 Å². The molecule has 0 aliphatic heterocycles. The molecule has 0 aliphatic carbocycles. The van der Waals surface area contributed by atoms with Crippen LogP contribution in [0.25, 0.3) is 0 Å². The summed E-state index contributed by atoms with van der Waals surface area (Å²) in [4.78, 5) is 24.6. The van der Waals surface area contributed by atoms with Gasteiger partial charge in [-0.05, 0) is 45.0 Å². The van der Waals surface area contributed by atoms with E-state index in [1.807, 2.05) is 20.8 Å². The molecule has 0 unspecified atom stereocenters. The van der Waals surface area contributed by atoms with Crippen molar-refractivity contribution in [3.05, 3.63) is 47.0 Å². The van der Waals surface area contributed by atoms with E-state index in [4.69, 9.17) is 16.7 Å². The highest BCUT2D eigenvalue weighted by atomic mass is 35.5. The van der Waals surface area contributed by atoms with Crippen LogP contribution in [0.3, 0.4) is 0 Å². The summed E-state index contributed by atoms with van der Waals surface area (Å²) in [5.74, 6) is -1.19. The van der Waals surface area contributed by atoms with Crippen molar-refractivity contribution in [2.24, 2.45) is 0 Å². The Balaban J connectivity index is 2.96. The van der Waals surface area contributed by atoms with Crippen LogP contribution in [0.4, 0.5) is 0 Å². The van der Waals surface area contributed by atoms with Crippen molar-refractivity contribution in [1.82, 2.24) is 4.90 Å². The van der Waals surface area contributed by atoms with Gasteiger partial charge < -0.3 is 10.0 Å². The van der Waals surface area contributed by atoms with Crippen molar-refractivity contribution in [3.8, 4) is 0 Å². The Morgan fingerprint density at radius 3 is 2.25 bits per heavy atom. The molecule has 0 fully saturated rings. The van der Waals surface area contributed by atoms with Gasteiger partial charge >= 0.3 is 5.97 Å². The van der Waals surface area contributed by atoms with E-state index in [1.54, 1.807) is 29.2 Å². The van der Waals surface area contributed by atoms with Crippen molar-refractivity contribution in [2.45, 2.75) is 26.3 Å². The first-order chi connectivity index (χ1) is 9.21. The van der Waals surface area contributed by atoms with Gasteiger partial charge in [0.25, 0.3) is 5.91 Å². The molecular weight excluding hydrogens is 278 g/mol. The van der Waals surface area contributed by atoms with Crippen LogP contribution in [0.1, 0.15) is 31.1 Å². The highest BCUT2D eigenvalue weighted by Crippen LogP contribution is 2.18. The Hall–Kier alpha value is -1.81. The smallest absolute Gasteiger partial charge is 0.328 e. The summed E-state index contributed by atoms with van der Waals surface area (Å²) >= 11 is 5.80. The zero-order valence-electron chi connectivity index (χ0n) is 11.8. The third-order valence-corrected chi connectivity index (χ3v) is 2.95. The van der Waals surface area contributed by atoms with Crippen LogP contribution in [0.5, 0.6) is 0 Å². The number of benzene rings is 1. The fourth-order valence-corrected chi connectivity index (χ4v) is 1.79. The van der Waals surface area contributed by atoms with Gasteiger partial charge in [-0.15, -0.1) is 0 Å². The molecule has 0 aliphatic rings. The minimum Gasteiger partial charge on any atom is -0.478 e. The van der Waals surface area contributed by atoms with Crippen LogP contribution in [0, 0.1) is 0 Å². The molecule has 0 atom stereocenters. The Bertz CT molecular complexity index is 515. The Morgan fingerprint density at radius 1 is 1.25 bits per heavy atom. The molecule has 0 spiro atoms. The molecule has 0 heterocycles. The summed E-state index contributed by atoms with van der Waals surface area (Å²) in [6, 6.07) is 6.63. The zero-order chi connectivity index (χ0) is 15.3. The van der Waals surface area contributed by atoms with Crippen molar-refractivity contribution >= 4 is 23.5 Å². The number of rotatable bonds is 4. The van der Waals surface area contributed by atoms with E-state index in [0.29, 0.717) is 10.6 Å². The van der Waals surface area contributed by atoms with Gasteiger partial charge in [-0.2, -0.15) is 0 Å². The fourth-order valence-electron chi connectivity index (χ4n) is 1.67. The minimum atomic E-state index is -1.03. The first-order valence-corrected chi connectivity index (χ1v) is 6.56. The maximum Gasteiger partial charge on any atom is 0.328 e. The lowest BCUT2D eigenvalue weighted by atomic mass is 10.0. The van der Waals surface area contributed by atoms with E-state index in [1.165, 1.54) is 6.08 Å². The van der Waals surface area contributed by atoms with E-state index in [-0.39, 0.29) is 12.5 Å². The van der Waals surface area contributed by atoms with Gasteiger partial charge in [0.05, 0.1) is 0 Å². The van der Waals surface area contributed by atoms with Gasteiger partial charge in [0, 0.05) is 28.7 Å². The van der Waals surface area contributed by atoms with Gasteiger partial charge in [0.15, 0.2) is 0 Å². The van der Waals surface area contributed by atoms with Gasteiger partial charge in [0.2, 0.25) is 0 Å². The number of carbonyl (C=O) groups excluding carboxylic acids is 1. The molecule has 0 aromatic heterocycles. The van der Waals surface area contributed by atoms with Gasteiger partial charge in [-0.1, -0.05) is 17.7 Å². The number of amides is 1. The summed E-state index contributed by atoms with van der Waals surface area (Å²) in [7, 11) is 0. The van der Waals surface area contributed by atoms with Crippen LogP contribution >= 0.6 is 11.6 Å². The topological polar surface area (TPSA) is 57.6 Å². The number of hydrogen-bond donors (Lipinski definition) is 1. The van der Waals surface area contributed by atoms with E-state index in [0.717, 1.165) is 6.08 Å². The van der Waals surface area contributed by atoms with Crippen LogP contribution in [-0.2, 0) is 4.79 Å². The molecule has 0 bridgehead atoms. The fraction of sp³-hybridized carbons (Fsp3) is 0.333. The number of carboxylic acids is 1. The Morgan fingerprint density at radius 2 is 1.80 bits per heavy atom. The first-order valence-electron chi connectivity index (χ1n) is 6.19. The summed E-state index contributed by atoms with van der Waals surface area (Å²) in [5, 5.41) is 9.17. The van der Waals surface area contributed by atoms with Crippen LogP contribution in [-0.4, -0.2) is 34.0 Å². The van der Waals surface area contributed by atoms with Crippen LogP contribution < -0.4 is 0 Å². The van der Waals surface area contributed by atoms with E-state index < -0.39 is 11.5 Å². The molecule has 0 saturated carbocycles. The molecule has 1 aromatic carbocycles. The average molecular weight is 296 g/mol.